The second kappa shape index (κ2) is 21.5. The van der Waals surface area contributed by atoms with Crippen LogP contribution in [-0.4, -0.2) is 103 Å². The van der Waals surface area contributed by atoms with E-state index in [1.54, 1.807) is 29.2 Å². The molecule has 3 atom stereocenters. The van der Waals surface area contributed by atoms with E-state index in [0.717, 1.165) is 57.2 Å². The zero-order chi connectivity index (χ0) is 42.4. The van der Waals surface area contributed by atoms with Gasteiger partial charge >= 0.3 is 0 Å². The molecule has 0 radical (unpaired) electrons. The Morgan fingerprint density at radius 1 is 0.867 bits per heavy atom. The first-order valence-electron chi connectivity index (χ1n) is 20.8. The lowest BCUT2D eigenvalue weighted by Gasteiger charge is -2.44. The van der Waals surface area contributed by atoms with E-state index in [1.807, 2.05) is 42.4 Å². The van der Waals surface area contributed by atoms with Gasteiger partial charge in [-0.15, -0.1) is 0 Å². The van der Waals surface area contributed by atoms with E-state index >= 15 is 4.39 Å². The third-order valence-electron chi connectivity index (χ3n) is 11.5. The number of carbonyl (C=O) groups is 4. The summed E-state index contributed by atoms with van der Waals surface area (Å²) in [5, 5.41) is 11.4. The molecular formula is C44H54F3N9O4. The number of alkyl halides is 1. The quantitative estimate of drug-likeness (QED) is 0.0706. The smallest absolute Gasteiger partial charge is 0.249 e. The van der Waals surface area contributed by atoms with Crippen LogP contribution in [0.15, 0.2) is 73.1 Å². The molecule has 4 N–H and O–H groups in total. The lowest BCUT2D eigenvalue weighted by molar-refractivity contribution is -0.133. The Morgan fingerprint density at radius 2 is 1.67 bits per heavy atom. The van der Waals surface area contributed by atoms with Crippen molar-refractivity contribution in [1.82, 2.24) is 25.5 Å². The fourth-order valence-corrected chi connectivity index (χ4v) is 8.22. The Kier molecular flexibility index (Phi) is 15.7. The molecule has 13 nitrogen and oxygen atoms in total. The van der Waals surface area contributed by atoms with Crippen LogP contribution in [0.5, 0.6) is 0 Å². The highest BCUT2D eigenvalue weighted by Gasteiger charge is 2.36. The number of piperidine rings is 3. The number of rotatable bonds is 13. The average Bonchev–Trinajstić information content (AvgIpc) is 3.25. The molecule has 320 valence electrons. The predicted octanol–water partition coefficient (Wildman–Crippen LogP) is 5.90. The van der Waals surface area contributed by atoms with Gasteiger partial charge in [-0.2, -0.15) is 0 Å². The van der Waals surface area contributed by atoms with E-state index < -0.39 is 29.8 Å². The third kappa shape index (κ3) is 11.9. The molecule has 4 aliphatic rings. The molecule has 7 rings (SSSR count). The molecule has 3 unspecified atom stereocenters. The number of amides is 3. The van der Waals surface area contributed by atoms with Crippen molar-refractivity contribution < 1.29 is 32.3 Å². The van der Waals surface area contributed by atoms with Gasteiger partial charge in [0.15, 0.2) is 5.82 Å². The minimum atomic E-state index is -1.10. The van der Waals surface area contributed by atoms with Gasteiger partial charge in [0.05, 0.1) is 18.4 Å². The van der Waals surface area contributed by atoms with Crippen molar-refractivity contribution in [3.63, 3.8) is 0 Å². The van der Waals surface area contributed by atoms with Gasteiger partial charge in [-0.1, -0.05) is 37.5 Å². The van der Waals surface area contributed by atoms with Crippen molar-refractivity contribution in [3.05, 3.63) is 84.7 Å². The predicted molar refractivity (Wildman–Crippen MR) is 226 cm³/mol. The second-order valence-corrected chi connectivity index (χ2v) is 15.6. The van der Waals surface area contributed by atoms with Crippen LogP contribution in [0, 0.1) is 11.6 Å². The van der Waals surface area contributed by atoms with Crippen LogP contribution in [0.3, 0.4) is 0 Å². The first-order chi connectivity index (χ1) is 29.1. The van der Waals surface area contributed by atoms with Crippen LogP contribution < -0.4 is 31.1 Å². The number of nitrogens with zero attached hydrogens (tertiary/aromatic N) is 5. The molecule has 1 aliphatic carbocycles. The minimum Gasteiger partial charge on any atom is -0.374 e. The lowest BCUT2D eigenvalue weighted by atomic mass is 9.96. The lowest BCUT2D eigenvalue weighted by Crippen LogP contribution is -2.55. The third-order valence-corrected chi connectivity index (χ3v) is 11.5. The van der Waals surface area contributed by atoms with Gasteiger partial charge in [-0.25, -0.2) is 23.1 Å². The molecule has 1 saturated carbocycles. The molecule has 60 heavy (non-hydrogen) atoms. The first kappa shape index (κ1) is 43.8. The summed E-state index contributed by atoms with van der Waals surface area (Å²) in [5.74, 6) is -1.17. The molecule has 0 bridgehead atoms. The van der Waals surface area contributed by atoms with E-state index in [-0.39, 0.29) is 36.7 Å². The highest BCUT2D eigenvalue weighted by Crippen LogP contribution is 2.31. The van der Waals surface area contributed by atoms with Gasteiger partial charge in [0.25, 0.3) is 0 Å². The normalized spacial score (nSPS) is 21.9. The van der Waals surface area contributed by atoms with Crippen molar-refractivity contribution in [2.24, 2.45) is 0 Å². The Balaban J connectivity index is 0.000000203. The van der Waals surface area contributed by atoms with Crippen LogP contribution >= 0.6 is 0 Å². The SMILES string of the molecule is CN(/C=C\C=C/C=O)c1cccc(-c2nc(NC3CCCCC3)ncc2F)c1.O=CNC1CCN(C2CCN(c3ccc(NC4CCC(=O)NC4=O)cc3F)CC2F)CC1. The van der Waals surface area contributed by atoms with Crippen molar-refractivity contribution in [2.75, 3.05) is 53.7 Å². The zero-order valence-corrected chi connectivity index (χ0v) is 33.9. The molecule has 4 heterocycles. The van der Waals surface area contributed by atoms with E-state index in [9.17, 15) is 28.0 Å². The van der Waals surface area contributed by atoms with E-state index in [4.69, 9.17) is 0 Å². The molecule has 3 saturated heterocycles. The number of imide groups is 1. The molecule has 16 heteroatoms. The van der Waals surface area contributed by atoms with Gasteiger partial charge in [0.2, 0.25) is 24.2 Å². The highest BCUT2D eigenvalue weighted by atomic mass is 19.1. The number of likely N-dealkylation sites (tertiary alicyclic amines) is 1. The minimum absolute atomic E-state index is 0.119. The summed E-state index contributed by atoms with van der Waals surface area (Å²) in [5.41, 5.74) is 2.64. The van der Waals surface area contributed by atoms with Gasteiger partial charge in [0, 0.05) is 74.4 Å². The summed E-state index contributed by atoms with van der Waals surface area (Å²) in [7, 11) is 1.89. The number of aromatic nitrogens is 2. The van der Waals surface area contributed by atoms with Crippen LogP contribution in [0.25, 0.3) is 11.3 Å². The molecule has 3 aliphatic heterocycles. The van der Waals surface area contributed by atoms with Gasteiger partial charge in [-0.3, -0.25) is 29.4 Å². The van der Waals surface area contributed by atoms with Gasteiger partial charge < -0.3 is 25.8 Å². The Morgan fingerprint density at radius 3 is 2.38 bits per heavy atom. The Labute approximate surface area is 348 Å². The molecule has 0 spiro atoms. The average molecular weight is 830 g/mol. The molecular weight excluding hydrogens is 776 g/mol. The first-order valence-corrected chi connectivity index (χ1v) is 20.8. The number of hydrogen-bond donors (Lipinski definition) is 4. The zero-order valence-electron chi connectivity index (χ0n) is 33.9. The highest BCUT2D eigenvalue weighted by molar-refractivity contribution is 6.01. The largest absolute Gasteiger partial charge is 0.374 e. The van der Waals surface area contributed by atoms with Crippen LogP contribution in [0.4, 0.5) is 36.2 Å². The maximum Gasteiger partial charge on any atom is 0.249 e. The maximum absolute atomic E-state index is 15.0. The van der Waals surface area contributed by atoms with Crippen molar-refractivity contribution in [3.8, 4) is 11.3 Å². The van der Waals surface area contributed by atoms with Crippen LogP contribution in [0.2, 0.25) is 0 Å². The fraction of sp³-hybridized carbons (Fsp3) is 0.455. The summed E-state index contributed by atoms with van der Waals surface area (Å²) in [6.07, 6.45) is 16.9. The van der Waals surface area contributed by atoms with Gasteiger partial charge in [-0.05, 0) is 81.0 Å². The maximum atomic E-state index is 15.0. The van der Waals surface area contributed by atoms with Crippen molar-refractivity contribution >= 4 is 47.5 Å². The van der Waals surface area contributed by atoms with Crippen molar-refractivity contribution in [1.29, 1.82) is 0 Å². The number of anilines is 4. The van der Waals surface area contributed by atoms with E-state index in [1.165, 1.54) is 37.6 Å². The Hall–Kier alpha value is -5.77. The fourth-order valence-electron chi connectivity index (χ4n) is 8.22. The number of allylic oxidation sites excluding steroid dienone is 3. The summed E-state index contributed by atoms with van der Waals surface area (Å²) in [6, 6.07) is 11.8. The summed E-state index contributed by atoms with van der Waals surface area (Å²) in [4.78, 5) is 58.4. The Bertz CT molecular complexity index is 2000. The number of halogens is 3. The number of benzene rings is 2. The molecule has 3 amide bonds. The standard InChI is InChI=1S/C22H29F2N5O3.C22H25FN4O/c23-16-11-15(26-18-2-4-21(31)27-22(18)32)1-3-19(16)29-10-7-20(17(24)12-29)28-8-5-14(6-9-28)25-13-30;1-27(13-6-3-7-14-28)19-12-8-9-17(15-19)21-20(23)16-24-22(26-21)25-18-10-4-2-5-11-18/h1,3,11,13-14,17-18,20,26H,2,4-10,12H2,(H,25,30)(H,27,31,32);3,6-9,12-16,18H,2,4-5,10-11H2,1H3,(H,24,25,26)/b;7-3-,13-6-. The monoisotopic (exact) mass is 829 g/mol. The number of carbonyl (C=O) groups excluding carboxylic acids is 4. The topological polar surface area (TPSA) is 152 Å². The number of nitrogens with one attached hydrogen (secondary N) is 4. The summed E-state index contributed by atoms with van der Waals surface area (Å²) >= 11 is 0. The summed E-state index contributed by atoms with van der Waals surface area (Å²) in [6.45, 7) is 2.15. The van der Waals surface area contributed by atoms with E-state index in [2.05, 4.69) is 36.1 Å². The van der Waals surface area contributed by atoms with E-state index in [0.29, 0.717) is 48.3 Å². The second-order valence-electron chi connectivity index (χ2n) is 15.6. The van der Waals surface area contributed by atoms with Crippen molar-refractivity contribution in [2.45, 2.75) is 94.5 Å². The molecule has 2 aromatic carbocycles. The molecule has 3 aromatic rings. The van der Waals surface area contributed by atoms with Crippen LogP contribution in [-0.2, 0) is 19.2 Å². The molecule has 4 fully saturated rings. The molecule has 1 aromatic heterocycles. The van der Waals surface area contributed by atoms with Crippen LogP contribution in [0.1, 0.15) is 64.2 Å². The number of aldehydes is 1. The van der Waals surface area contributed by atoms with Gasteiger partial charge in [0.1, 0.15) is 30.0 Å². The summed E-state index contributed by atoms with van der Waals surface area (Å²) < 4.78 is 44.3. The number of hydrogen-bond acceptors (Lipinski definition) is 11.